The molecule has 0 atom stereocenters. The van der Waals surface area contributed by atoms with Crippen LogP contribution >= 0.6 is 22.6 Å². The van der Waals surface area contributed by atoms with Gasteiger partial charge in [0.25, 0.3) is 0 Å². The Morgan fingerprint density at radius 1 is 1.29 bits per heavy atom. The van der Waals surface area contributed by atoms with Crippen LogP contribution in [0, 0.1) is 14.9 Å². The summed E-state index contributed by atoms with van der Waals surface area (Å²) >= 11 is 2.23. The first-order chi connectivity index (χ1) is 8.29. The second-order valence-corrected chi connectivity index (χ2v) is 4.54. The Hall–Kier alpha value is -1.61. The Bertz CT molecular complexity index is 563. The third-order valence-corrected chi connectivity index (χ3v) is 3.06. The molecule has 1 heterocycles. The first-order valence-corrected chi connectivity index (χ1v) is 6.10. The molecule has 0 spiro atoms. The summed E-state index contributed by atoms with van der Waals surface area (Å²) in [5.74, 6) is 0.850. The average molecular weight is 336 g/mol. The van der Waals surface area contributed by atoms with Crippen molar-refractivity contribution in [2.75, 3.05) is 0 Å². The smallest absolute Gasteiger partial charge is 0.140 e. The number of nitrogens with zero attached hydrogens (tertiary/aromatic N) is 2. The Kier molecular flexibility index (Phi) is 3.94. The van der Waals surface area contributed by atoms with Gasteiger partial charge in [-0.3, -0.25) is 0 Å². The van der Waals surface area contributed by atoms with Crippen LogP contribution in [0.2, 0.25) is 0 Å². The maximum absolute atomic E-state index is 8.74. The van der Waals surface area contributed by atoms with Crippen molar-refractivity contribution in [3.8, 4) is 11.8 Å². The molecule has 1 aromatic carbocycles. The number of aromatic nitrogens is 1. The molecule has 0 saturated heterocycles. The lowest BCUT2D eigenvalue weighted by molar-refractivity contribution is 0.304. The van der Waals surface area contributed by atoms with Gasteiger partial charge in [-0.15, -0.1) is 0 Å². The molecule has 0 amide bonds. The van der Waals surface area contributed by atoms with Gasteiger partial charge in [-0.05, 0) is 52.4 Å². The number of pyridine rings is 1. The minimum atomic E-state index is 0.411. The molecule has 0 aliphatic rings. The number of hydrogen-bond acceptors (Lipinski definition) is 3. The highest BCUT2D eigenvalue weighted by Gasteiger charge is 2.01. The summed E-state index contributed by atoms with van der Waals surface area (Å²) in [6.45, 7) is 0.442. The predicted molar refractivity (Wildman–Crippen MR) is 72.4 cm³/mol. The average Bonchev–Trinajstić information content (AvgIpc) is 2.38. The van der Waals surface area contributed by atoms with E-state index in [-0.39, 0.29) is 0 Å². The van der Waals surface area contributed by atoms with Crippen LogP contribution in [0.3, 0.4) is 0 Å². The van der Waals surface area contributed by atoms with E-state index in [4.69, 9.17) is 10.00 Å². The van der Waals surface area contributed by atoms with E-state index in [0.717, 1.165) is 14.9 Å². The molecule has 0 N–H and O–H groups in total. The standard InChI is InChI=1S/C13H9IN2O/c14-12-3-1-2-4-13(12)17-9-10-5-6-16-11(7-10)8-15/h1-7H,9H2. The zero-order chi connectivity index (χ0) is 12.1. The Balaban J connectivity index is 2.08. The van der Waals surface area contributed by atoms with Crippen LogP contribution < -0.4 is 4.74 Å². The quantitative estimate of drug-likeness (QED) is 0.809. The Morgan fingerprint density at radius 2 is 2.12 bits per heavy atom. The molecular weight excluding hydrogens is 327 g/mol. The van der Waals surface area contributed by atoms with Crippen molar-refractivity contribution in [2.45, 2.75) is 6.61 Å². The van der Waals surface area contributed by atoms with E-state index >= 15 is 0 Å². The molecule has 2 aromatic rings. The number of benzene rings is 1. The summed E-state index contributed by atoms with van der Waals surface area (Å²) in [7, 11) is 0. The van der Waals surface area contributed by atoms with E-state index < -0.39 is 0 Å². The van der Waals surface area contributed by atoms with Gasteiger partial charge in [0.1, 0.15) is 24.1 Å². The van der Waals surface area contributed by atoms with Gasteiger partial charge in [0, 0.05) is 6.20 Å². The third kappa shape index (κ3) is 3.17. The highest BCUT2D eigenvalue weighted by Crippen LogP contribution is 2.20. The fourth-order valence-corrected chi connectivity index (χ4v) is 1.89. The third-order valence-electron chi connectivity index (χ3n) is 2.17. The first-order valence-electron chi connectivity index (χ1n) is 5.02. The molecule has 4 heteroatoms. The van der Waals surface area contributed by atoms with E-state index in [1.165, 1.54) is 0 Å². The van der Waals surface area contributed by atoms with Crippen molar-refractivity contribution in [1.82, 2.24) is 4.98 Å². The SMILES string of the molecule is N#Cc1cc(COc2ccccc2I)ccn1. The van der Waals surface area contributed by atoms with E-state index in [1.54, 1.807) is 12.3 Å². The van der Waals surface area contributed by atoms with Crippen molar-refractivity contribution >= 4 is 22.6 Å². The lowest BCUT2D eigenvalue weighted by atomic mass is 10.2. The fourth-order valence-electron chi connectivity index (χ4n) is 1.35. The zero-order valence-corrected chi connectivity index (χ0v) is 11.1. The lowest BCUT2D eigenvalue weighted by Gasteiger charge is -2.07. The van der Waals surface area contributed by atoms with Gasteiger partial charge in [-0.1, -0.05) is 12.1 Å². The molecule has 0 radical (unpaired) electrons. The molecule has 84 valence electrons. The number of halogens is 1. The summed E-state index contributed by atoms with van der Waals surface area (Å²) in [6.07, 6.45) is 1.62. The van der Waals surface area contributed by atoms with Gasteiger partial charge in [0.05, 0.1) is 3.57 Å². The maximum Gasteiger partial charge on any atom is 0.140 e. The van der Waals surface area contributed by atoms with E-state index in [1.807, 2.05) is 36.4 Å². The minimum Gasteiger partial charge on any atom is -0.488 e. The number of hydrogen-bond donors (Lipinski definition) is 0. The highest BCUT2D eigenvalue weighted by molar-refractivity contribution is 14.1. The molecule has 0 bridgehead atoms. The van der Waals surface area contributed by atoms with Crippen LogP contribution in [0.1, 0.15) is 11.3 Å². The molecule has 2 rings (SSSR count). The van der Waals surface area contributed by atoms with Crippen LogP contribution in [0.5, 0.6) is 5.75 Å². The number of ether oxygens (including phenoxy) is 1. The number of nitriles is 1. The fraction of sp³-hybridized carbons (Fsp3) is 0.0769. The van der Waals surface area contributed by atoms with Crippen LogP contribution in [0.4, 0.5) is 0 Å². The van der Waals surface area contributed by atoms with Crippen molar-refractivity contribution < 1.29 is 4.74 Å². The van der Waals surface area contributed by atoms with Crippen molar-refractivity contribution in [1.29, 1.82) is 5.26 Å². The minimum absolute atomic E-state index is 0.411. The first kappa shape index (κ1) is 11.9. The monoisotopic (exact) mass is 336 g/mol. The van der Waals surface area contributed by atoms with Crippen molar-refractivity contribution in [3.63, 3.8) is 0 Å². The Labute approximate surface area is 113 Å². The van der Waals surface area contributed by atoms with E-state index in [2.05, 4.69) is 27.6 Å². The van der Waals surface area contributed by atoms with Gasteiger partial charge in [-0.2, -0.15) is 5.26 Å². The summed E-state index contributed by atoms with van der Waals surface area (Å²) in [5, 5.41) is 8.74. The molecule has 17 heavy (non-hydrogen) atoms. The van der Waals surface area contributed by atoms with Gasteiger partial charge >= 0.3 is 0 Å². The molecule has 0 aliphatic carbocycles. The lowest BCUT2D eigenvalue weighted by Crippen LogP contribution is -1.97. The number of para-hydroxylation sites is 1. The molecule has 0 fully saturated rings. The summed E-state index contributed by atoms with van der Waals surface area (Å²) < 4.78 is 6.75. The van der Waals surface area contributed by atoms with Gasteiger partial charge in [-0.25, -0.2) is 4.98 Å². The topological polar surface area (TPSA) is 45.9 Å². The molecule has 0 unspecified atom stereocenters. The Morgan fingerprint density at radius 3 is 2.88 bits per heavy atom. The summed E-state index contributed by atoms with van der Waals surface area (Å²) in [6, 6.07) is 13.4. The molecular formula is C13H9IN2O. The van der Waals surface area contributed by atoms with Crippen LogP contribution in [-0.4, -0.2) is 4.98 Å². The van der Waals surface area contributed by atoms with Crippen molar-refractivity contribution in [3.05, 3.63) is 57.4 Å². The molecule has 0 aliphatic heterocycles. The molecule has 1 aromatic heterocycles. The highest BCUT2D eigenvalue weighted by atomic mass is 127. The van der Waals surface area contributed by atoms with Gasteiger partial charge in [0.2, 0.25) is 0 Å². The van der Waals surface area contributed by atoms with Crippen molar-refractivity contribution in [2.24, 2.45) is 0 Å². The van der Waals surface area contributed by atoms with Crippen LogP contribution in [-0.2, 0) is 6.61 Å². The normalized spacial score (nSPS) is 9.65. The van der Waals surface area contributed by atoms with Gasteiger partial charge in [0.15, 0.2) is 0 Å². The summed E-state index contributed by atoms with van der Waals surface area (Å²) in [5.41, 5.74) is 1.35. The van der Waals surface area contributed by atoms with Crippen LogP contribution in [0.25, 0.3) is 0 Å². The summed E-state index contributed by atoms with van der Waals surface area (Å²) in [4.78, 5) is 3.91. The molecule has 0 saturated carbocycles. The predicted octanol–water partition coefficient (Wildman–Crippen LogP) is 3.14. The van der Waals surface area contributed by atoms with E-state index in [9.17, 15) is 0 Å². The second kappa shape index (κ2) is 5.64. The maximum atomic E-state index is 8.74. The number of rotatable bonds is 3. The largest absolute Gasteiger partial charge is 0.488 e. The second-order valence-electron chi connectivity index (χ2n) is 3.38. The molecule has 3 nitrogen and oxygen atoms in total. The van der Waals surface area contributed by atoms with E-state index in [0.29, 0.717) is 12.3 Å². The van der Waals surface area contributed by atoms with Gasteiger partial charge < -0.3 is 4.74 Å². The zero-order valence-electron chi connectivity index (χ0n) is 8.93. The van der Waals surface area contributed by atoms with Crippen LogP contribution in [0.15, 0.2) is 42.6 Å².